The highest BCUT2D eigenvalue weighted by Crippen LogP contribution is 2.35. The van der Waals surface area contributed by atoms with E-state index < -0.39 is 11.7 Å². The largest absolute Gasteiger partial charge is 0.494 e. The van der Waals surface area contributed by atoms with Crippen LogP contribution in [-0.4, -0.2) is 77.8 Å². The van der Waals surface area contributed by atoms with Crippen LogP contribution in [0.2, 0.25) is 0 Å². The highest BCUT2D eigenvalue weighted by atomic mass is 16.5. The van der Waals surface area contributed by atoms with E-state index in [-0.39, 0.29) is 23.3 Å². The monoisotopic (exact) mass is 448 g/mol. The Balaban J connectivity index is 1.31. The Morgan fingerprint density at radius 3 is 2.27 bits per heavy atom. The van der Waals surface area contributed by atoms with Crippen molar-refractivity contribution in [3.8, 4) is 11.6 Å². The van der Waals surface area contributed by atoms with E-state index in [0.29, 0.717) is 54.3 Å². The Bertz CT molecular complexity index is 1220. The summed E-state index contributed by atoms with van der Waals surface area (Å²) in [6.07, 6.45) is 2.96. The van der Waals surface area contributed by atoms with Crippen LogP contribution < -0.4 is 9.47 Å². The van der Waals surface area contributed by atoms with E-state index >= 15 is 0 Å². The number of aromatic amines is 1. The summed E-state index contributed by atoms with van der Waals surface area (Å²) in [6, 6.07) is 9.20. The molecule has 2 fully saturated rings. The number of nitrogens with zero attached hydrogens (tertiary/aromatic N) is 3. The predicted octanol–water partition coefficient (Wildman–Crippen LogP) is 1.99. The van der Waals surface area contributed by atoms with Gasteiger partial charge in [-0.3, -0.25) is 14.4 Å². The van der Waals surface area contributed by atoms with Crippen LogP contribution in [0.1, 0.15) is 20.7 Å². The molecule has 4 heterocycles. The molecule has 1 N–H and O–H groups in total. The first-order chi connectivity index (χ1) is 16.0. The van der Waals surface area contributed by atoms with Crippen molar-refractivity contribution >= 4 is 28.5 Å². The van der Waals surface area contributed by atoms with Gasteiger partial charge in [0, 0.05) is 49.8 Å². The SMILES string of the molecule is COc1ncc(OC)c2c(C(=O)C(=O)N3CC4CN(C(=O)c5ccccc5)CC4C3)c[nH]c12. The first-order valence-corrected chi connectivity index (χ1v) is 10.8. The van der Waals surface area contributed by atoms with Crippen LogP contribution in [0.5, 0.6) is 11.6 Å². The highest BCUT2D eigenvalue weighted by Gasteiger charge is 2.44. The lowest BCUT2D eigenvalue weighted by Crippen LogP contribution is -2.38. The number of nitrogens with one attached hydrogen (secondary N) is 1. The number of rotatable bonds is 5. The molecule has 2 amide bonds. The van der Waals surface area contributed by atoms with Crippen LogP contribution in [-0.2, 0) is 4.79 Å². The normalized spacial score (nSPS) is 19.6. The Morgan fingerprint density at radius 2 is 1.64 bits per heavy atom. The number of methoxy groups -OCH3 is 2. The zero-order valence-electron chi connectivity index (χ0n) is 18.4. The van der Waals surface area contributed by atoms with E-state index in [0.717, 1.165) is 0 Å². The molecule has 0 spiro atoms. The summed E-state index contributed by atoms with van der Waals surface area (Å²) in [4.78, 5) is 49.6. The van der Waals surface area contributed by atoms with Gasteiger partial charge >= 0.3 is 0 Å². The molecule has 3 aromatic rings. The van der Waals surface area contributed by atoms with Crippen LogP contribution in [0.15, 0.2) is 42.7 Å². The van der Waals surface area contributed by atoms with E-state index in [9.17, 15) is 14.4 Å². The molecule has 9 heteroatoms. The maximum absolute atomic E-state index is 13.2. The van der Waals surface area contributed by atoms with Crippen molar-refractivity contribution in [2.75, 3.05) is 40.4 Å². The van der Waals surface area contributed by atoms with Gasteiger partial charge in [0.2, 0.25) is 5.88 Å². The lowest BCUT2D eigenvalue weighted by atomic mass is 10.0. The highest BCUT2D eigenvalue weighted by molar-refractivity contribution is 6.45. The fraction of sp³-hybridized carbons (Fsp3) is 0.333. The zero-order chi connectivity index (χ0) is 23.1. The number of hydrogen-bond acceptors (Lipinski definition) is 6. The minimum Gasteiger partial charge on any atom is -0.494 e. The van der Waals surface area contributed by atoms with Gasteiger partial charge in [-0.1, -0.05) is 18.2 Å². The summed E-state index contributed by atoms with van der Waals surface area (Å²) in [6.45, 7) is 2.08. The smallest absolute Gasteiger partial charge is 0.295 e. The number of pyridine rings is 1. The van der Waals surface area contributed by atoms with Gasteiger partial charge in [-0.15, -0.1) is 0 Å². The standard InChI is InChI=1S/C24H24N4O5/c1-32-18-9-26-22(33-2)20-19(18)17(8-25-20)21(29)24(31)28-12-15-10-27(11-16(15)13-28)23(30)14-6-4-3-5-7-14/h3-9,15-16,25H,10-13H2,1-2H3. The number of carbonyl (C=O) groups excluding carboxylic acids is 3. The molecule has 2 aliphatic heterocycles. The third-order valence-corrected chi connectivity index (χ3v) is 6.57. The van der Waals surface area contributed by atoms with Crippen LogP contribution in [0.25, 0.3) is 10.9 Å². The van der Waals surface area contributed by atoms with Gasteiger partial charge in [-0.05, 0) is 12.1 Å². The van der Waals surface area contributed by atoms with E-state index in [1.54, 1.807) is 4.90 Å². The zero-order valence-corrected chi connectivity index (χ0v) is 18.4. The molecule has 2 aliphatic rings. The number of ketones is 1. The van der Waals surface area contributed by atoms with Gasteiger partial charge in [-0.2, -0.15) is 0 Å². The fourth-order valence-corrected chi connectivity index (χ4v) is 4.93. The average molecular weight is 448 g/mol. The lowest BCUT2D eigenvalue weighted by molar-refractivity contribution is -0.125. The van der Waals surface area contributed by atoms with Crippen LogP contribution in [0, 0.1) is 11.8 Å². The quantitative estimate of drug-likeness (QED) is 0.473. The number of benzene rings is 1. The number of amides is 2. The molecule has 0 saturated carbocycles. The predicted molar refractivity (Wildman–Crippen MR) is 119 cm³/mol. The van der Waals surface area contributed by atoms with Crippen molar-refractivity contribution in [1.29, 1.82) is 0 Å². The molecule has 170 valence electrons. The van der Waals surface area contributed by atoms with Gasteiger partial charge in [0.15, 0.2) is 0 Å². The molecule has 2 atom stereocenters. The number of aromatic nitrogens is 2. The van der Waals surface area contributed by atoms with Gasteiger partial charge in [0.1, 0.15) is 11.3 Å². The maximum atomic E-state index is 13.2. The minimum absolute atomic E-state index is 0.00685. The molecule has 2 unspecified atom stereocenters. The van der Waals surface area contributed by atoms with Crippen molar-refractivity contribution in [2.24, 2.45) is 11.8 Å². The first-order valence-electron chi connectivity index (χ1n) is 10.8. The molecule has 2 aromatic heterocycles. The molecule has 2 saturated heterocycles. The molecule has 0 radical (unpaired) electrons. The van der Waals surface area contributed by atoms with Gasteiger partial charge in [0.05, 0.1) is 31.4 Å². The molecular formula is C24H24N4O5. The average Bonchev–Trinajstić information content (AvgIpc) is 3.56. The number of hydrogen-bond donors (Lipinski definition) is 1. The molecule has 0 bridgehead atoms. The van der Waals surface area contributed by atoms with Crippen LogP contribution in [0.3, 0.4) is 0 Å². The number of H-pyrrole nitrogens is 1. The summed E-state index contributed by atoms with van der Waals surface area (Å²) in [5.41, 5.74) is 1.39. The summed E-state index contributed by atoms with van der Waals surface area (Å²) in [5.74, 6) is -0.124. The van der Waals surface area contributed by atoms with E-state index in [1.807, 2.05) is 35.2 Å². The minimum atomic E-state index is -0.606. The second kappa shape index (κ2) is 8.23. The molecule has 5 rings (SSSR count). The van der Waals surface area contributed by atoms with Gasteiger partial charge in [-0.25, -0.2) is 4.98 Å². The summed E-state index contributed by atoms with van der Waals surface area (Å²) in [5, 5.41) is 0.474. The number of Topliss-reactive ketones (excluding diaryl/α,β-unsaturated/α-hetero) is 1. The molecule has 1 aromatic carbocycles. The Hall–Kier alpha value is -3.88. The summed E-state index contributed by atoms with van der Waals surface area (Å²) in [7, 11) is 2.96. The second-order valence-electron chi connectivity index (χ2n) is 8.42. The van der Waals surface area contributed by atoms with Crippen LogP contribution >= 0.6 is 0 Å². The van der Waals surface area contributed by atoms with Crippen molar-refractivity contribution in [3.63, 3.8) is 0 Å². The maximum Gasteiger partial charge on any atom is 0.295 e. The Kier molecular flexibility index (Phi) is 5.24. The number of ether oxygens (including phenoxy) is 2. The van der Waals surface area contributed by atoms with Gasteiger partial charge < -0.3 is 24.3 Å². The van der Waals surface area contributed by atoms with Crippen molar-refractivity contribution in [2.45, 2.75) is 0 Å². The Morgan fingerprint density at radius 1 is 0.970 bits per heavy atom. The van der Waals surface area contributed by atoms with E-state index in [2.05, 4.69) is 9.97 Å². The molecule has 9 nitrogen and oxygen atoms in total. The summed E-state index contributed by atoms with van der Waals surface area (Å²) >= 11 is 0. The third-order valence-electron chi connectivity index (χ3n) is 6.57. The molecular weight excluding hydrogens is 424 g/mol. The van der Waals surface area contributed by atoms with E-state index in [1.165, 1.54) is 26.6 Å². The van der Waals surface area contributed by atoms with Gasteiger partial charge in [0.25, 0.3) is 17.6 Å². The van der Waals surface area contributed by atoms with Crippen molar-refractivity contribution in [1.82, 2.24) is 19.8 Å². The Labute approximate surface area is 190 Å². The second-order valence-corrected chi connectivity index (χ2v) is 8.42. The third kappa shape index (κ3) is 3.49. The van der Waals surface area contributed by atoms with Crippen molar-refractivity contribution in [3.05, 3.63) is 53.9 Å². The first kappa shape index (κ1) is 21.0. The topological polar surface area (TPSA) is 105 Å². The van der Waals surface area contributed by atoms with Crippen molar-refractivity contribution < 1.29 is 23.9 Å². The lowest BCUT2D eigenvalue weighted by Gasteiger charge is -2.21. The van der Waals surface area contributed by atoms with Crippen LogP contribution in [0.4, 0.5) is 0 Å². The van der Waals surface area contributed by atoms with E-state index in [4.69, 9.17) is 9.47 Å². The number of carbonyl (C=O) groups is 3. The fourth-order valence-electron chi connectivity index (χ4n) is 4.93. The number of likely N-dealkylation sites (tertiary alicyclic amines) is 2. The number of fused-ring (bicyclic) bond motifs is 2. The molecule has 0 aliphatic carbocycles. The summed E-state index contributed by atoms with van der Waals surface area (Å²) < 4.78 is 10.6. The molecule has 33 heavy (non-hydrogen) atoms.